The summed E-state index contributed by atoms with van der Waals surface area (Å²) in [7, 11) is 1.51. The Morgan fingerprint density at radius 1 is 0.453 bits per heavy atom. The van der Waals surface area contributed by atoms with E-state index in [2.05, 4.69) is 38.2 Å². The summed E-state index contributed by atoms with van der Waals surface area (Å²) in [6.45, 7) is 7.06. The molecule has 0 fully saturated rings. The number of likely N-dealkylation sites (N-methyl/N-ethyl adjacent to an activating group) is 1. The largest absolute Gasteiger partial charge is 0.472 e. The first kappa shape index (κ1) is 73.5. The lowest BCUT2D eigenvalue weighted by atomic mass is 10.0. The van der Waals surface area contributed by atoms with E-state index in [1.807, 2.05) is 33.3 Å². The van der Waals surface area contributed by atoms with Crippen LogP contribution < -0.4 is 5.32 Å². The van der Waals surface area contributed by atoms with Crippen molar-refractivity contribution in [3.05, 3.63) is 24.3 Å². The van der Waals surface area contributed by atoms with Crippen LogP contribution in [0, 0.1) is 0 Å². The van der Waals surface area contributed by atoms with Crippen LogP contribution >= 0.6 is 7.82 Å². The van der Waals surface area contributed by atoms with Crippen LogP contribution in [0.1, 0.15) is 329 Å². The zero-order valence-corrected chi connectivity index (χ0v) is 51.7. The van der Waals surface area contributed by atoms with Gasteiger partial charge in [0.25, 0.3) is 0 Å². The van der Waals surface area contributed by atoms with Gasteiger partial charge in [-0.1, -0.05) is 283 Å². The maximum absolute atomic E-state index is 13.5. The van der Waals surface area contributed by atoms with Gasteiger partial charge < -0.3 is 19.4 Å². The molecule has 0 aliphatic heterocycles. The predicted molar refractivity (Wildman–Crippen MR) is 323 cm³/mol. The van der Waals surface area contributed by atoms with Crippen molar-refractivity contribution in [1.29, 1.82) is 0 Å². The fraction of sp³-hybridized carbons (Fsp3) is 0.908. The number of nitrogens with one attached hydrogen (secondary N) is 1. The van der Waals surface area contributed by atoms with Crippen molar-refractivity contribution < 1.29 is 37.3 Å². The van der Waals surface area contributed by atoms with Crippen molar-refractivity contribution in [2.45, 2.75) is 341 Å². The molecule has 10 heteroatoms. The maximum atomic E-state index is 13.5. The third-order valence-electron chi connectivity index (χ3n) is 14.9. The Labute approximate surface area is 466 Å². The molecule has 9 nitrogen and oxygen atoms in total. The van der Waals surface area contributed by atoms with Gasteiger partial charge in [0.2, 0.25) is 5.91 Å². The standard InChI is InChI=1S/C65H127N2O7P/c1-7-10-13-16-19-22-25-28-30-31-32-33-34-35-37-40-43-46-49-52-55-58-65(69)74-63(56-53-50-47-44-41-38-27-24-21-18-15-12-9-3)62(61-73-75(70,71)72-60-59-67(4,5)6)66-64(68)57-54-51-48-45-42-39-36-29-26-23-20-17-14-11-8-2/h28,30,53,56,62-63H,7-27,29,31-52,54-55,57-61H2,1-6H3,(H-,66,68,70,71)/p+1/b30-28+,56-53+. The lowest BCUT2D eigenvalue weighted by Gasteiger charge is -2.27. The first-order chi connectivity index (χ1) is 36.4. The molecule has 3 unspecified atom stereocenters. The number of hydrogen-bond acceptors (Lipinski definition) is 6. The lowest BCUT2D eigenvalue weighted by Crippen LogP contribution is -2.47. The van der Waals surface area contributed by atoms with Crippen LogP contribution in [0.15, 0.2) is 24.3 Å². The zero-order valence-electron chi connectivity index (χ0n) is 50.8. The Balaban J connectivity index is 5.18. The van der Waals surface area contributed by atoms with Gasteiger partial charge in [0.1, 0.15) is 19.3 Å². The van der Waals surface area contributed by atoms with E-state index in [1.54, 1.807) is 0 Å². The number of allylic oxidation sites excluding steroid dienone is 3. The number of phosphoric ester groups is 1. The number of hydrogen-bond donors (Lipinski definition) is 2. The highest BCUT2D eigenvalue weighted by molar-refractivity contribution is 7.47. The van der Waals surface area contributed by atoms with Crippen molar-refractivity contribution in [2.75, 3.05) is 40.9 Å². The van der Waals surface area contributed by atoms with Crippen LogP contribution in [0.3, 0.4) is 0 Å². The van der Waals surface area contributed by atoms with Crippen LogP contribution in [-0.2, 0) is 27.9 Å². The third-order valence-corrected chi connectivity index (χ3v) is 15.9. The number of nitrogens with zero attached hydrogens (tertiary/aromatic N) is 1. The van der Waals surface area contributed by atoms with E-state index in [-0.39, 0.29) is 25.1 Å². The summed E-state index contributed by atoms with van der Waals surface area (Å²) in [6.07, 6.45) is 66.0. The number of unbranched alkanes of at least 4 members (excludes halogenated alkanes) is 42. The lowest BCUT2D eigenvalue weighted by molar-refractivity contribution is -0.870. The van der Waals surface area contributed by atoms with Gasteiger partial charge in [0.05, 0.1) is 33.8 Å². The Kier molecular flexibility index (Phi) is 54.7. The van der Waals surface area contributed by atoms with Gasteiger partial charge >= 0.3 is 13.8 Å². The van der Waals surface area contributed by atoms with Crippen molar-refractivity contribution >= 4 is 19.7 Å². The molecular weight excluding hydrogens is 952 g/mol. The fourth-order valence-electron chi connectivity index (χ4n) is 9.82. The molecule has 0 bridgehead atoms. The average molecular weight is 1080 g/mol. The summed E-state index contributed by atoms with van der Waals surface area (Å²) in [5, 5.41) is 3.07. The number of carbonyl (C=O) groups is 2. The highest BCUT2D eigenvalue weighted by atomic mass is 31.2. The van der Waals surface area contributed by atoms with E-state index in [0.29, 0.717) is 23.9 Å². The van der Waals surface area contributed by atoms with Crippen molar-refractivity contribution in [2.24, 2.45) is 0 Å². The summed E-state index contributed by atoms with van der Waals surface area (Å²) in [5.41, 5.74) is 0. The van der Waals surface area contributed by atoms with Gasteiger partial charge in [-0.2, -0.15) is 0 Å². The van der Waals surface area contributed by atoms with E-state index in [9.17, 15) is 19.0 Å². The van der Waals surface area contributed by atoms with E-state index in [1.165, 1.54) is 238 Å². The molecule has 1 amide bonds. The minimum absolute atomic E-state index is 0.0441. The second-order valence-corrected chi connectivity index (χ2v) is 25.1. The van der Waals surface area contributed by atoms with Gasteiger partial charge in [-0.3, -0.25) is 18.6 Å². The number of amides is 1. The average Bonchev–Trinajstić information content (AvgIpc) is 3.37. The molecule has 0 aromatic carbocycles. The van der Waals surface area contributed by atoms with Gasteiger partial charge in [0, 0.05) is 12.8 Å². The number of carbonyl (C=O) groups excluding carboxylic acids is 2. The molecule has 3 atom stereocenters. The molecule has 0 spiro atoms. The molecule has 0 aromatic rings. The Hall–Kier alpha value is -1.51. The van der Waals surface area contributed by atoms with E-state index < -0.39 is 20.0 Å². The Morgan fingerprint density at radius 2 is 0.773 bits per heavy atom. The van der Waals surface area contributed by atoms with Crippen LogP contribution in [0.25, 0.3) is 0 Å². The van der Waals surface area contributed by atoms with Gasteiger partial charge in [-0.05, 0) is 57.4 Å². The van der Waals surface area contributed by atoms with E-state index in [4.69, 9.17) is 13.8 Å². The predicted octanol–water partition coefficient (Wildman–Crippen LogP) is 20.1. The monoisotopic (exact) mass is 1080 g/mol. The molecule has 0 aliphatic carbocycles. The number of quaternary nitrogens is 1. The van der Waals surface area contributed by atoms with Crippen molar-refractivity contribution in [1.82, 2.24) is 5.32 Å². The third kappa shape index (κ3) is 57.0. The topological polar surface area (TPSA) is 111 Å². The second kappa shape index (κ2) is 55.8. The summed E-state index contributed by atoms with van der Waals surface area (Å²) >= 11 is 0. The number of phosphoric acid groups is 1. The highest BCUT2D eigenvalue weighted by Crippen LogP contribution is 2.43. The van der Waals surface area contributed by atoms with E-state index in [0.717, 1.165) is 57.8 Å². The maximum Gasteiger partial charge on any atom is 0.472 e. The van der Waals surface area contributed by atoms with Gasteiger partial charge in [-0.15, -0.1) is 0 Å². The van der Waals surface area contributed by atoms with Crippen molar-refractivity contribution in [3.8, 4) is 0 Å². The first-order valence-corrected chi connectivity index (χ1v) is 34.2. The molecule has 0 radical (unpaired) electrons. The minimum atomic E-state index is -4.44. The first-order valence-electron chi connectivity index (χ1n) is 32.7. The Bertz CT molecular complexity index is 1340. The zero-order chi connectivity index (χ0) is 55.0. The van der Waals surface area contributed by atoms with Crippen LogP contribution in [0.4, 0.5) is 0 Å². The van der Waals surface area contributed by atoms with Crippen molar-refractivity contribution in [3.63, 3.8) is 0 Å². The summed E-state index contributed by atoms with van der Waals surface area (Å²) in [6, 6.07) is -0.842. The van der Waals surface area contributed by atoms with Gasteiger partial charge in [0.15, 0.2) is 0 Å². The van der Waals surface area contributed by atoms with Gasteiger partial charge in [-0.25, -0.2) is 4.57 Å². The number of rotatable bonds is 60. The summed E-state index contributed by atoms with van der Waals surface area (Å²) < 4.78 is 30.8. The molecule has 0 saturated carbocycles. The number of esters is 1. The summed E-state index contributed by atoms with van der Waals surface area (Å²) in [5.74, 6) is -0.487. The SMILES string of the molecule is CCCCCCCC/C=C/CCCCCCCCCCCCCC(=O)OC(/C=C/CCCCCCCCCCCCC)C(COP(=O)(O)OCC[N+](C)(C)C)NC(=O)CCCCCCCCCCCCCCCCC. The van der Waals surface area contributed by atoms with Crippen LogP contribution in [0.5, 0.6) is 0 Å². The minimum Gasteiger partial charge on any atom is -0.456 e. The molecule has 444 valence electrons. The second-order valence-electron chi connectivity index (χ2n) is 23.6. The van der Waals surface area contributed by atoms with Crippen LogP contribution in [-0.4, -0.2) is 74.3 Å². The molecule has 75 heavy (non-hydrogen) atoms. The Morgan fingerprint density at radius 3 is 1.13 bits per heavy atom. The molecule has 0 aliphatic rings. The molecule has 2 N–H and O–H groups in total. The smallest absolute Gasteiger partial charge is 0.456 e. The summed E-state index contributed by atoms with van der Waals surface area (Å²) in [4.78, 5) is 37.8. The number of ether oxygens (including phenoxy) is 1. The molecule has 0 saturated heterocycles. The fourth-order valence-corrected chi connectivity index (χ4v) is 10.6. The molecule has 0 heterocycles. The molecular formula is C65H128N2O7P+. The van der Waals surface area contributed by atoms with E-state index >= 15 is 0 Å². The molecule has 0 rings (SSSR count). The van der Waals surface area contributed by atoms with Crippen LogP contribution in [0.2, 0.25) is 0 Å². The quantitative estimate of drug-likeness (QED) is 0.0205. The normalized spacial score (nSPS) is 13.7. The highest BCUT2D eigenvalue weighted by Gasteiger charge is 2.30. The molecule has 0 aromatic heterocycles.